The number of nitrogen functional groups attached to an aromatic ring is 1. The summed E-state index contributed by atoms with van der Waals surface area (Å²) in [5.41, 5.74) is 8.87. The molecule has 0 radical (unpaired) electrons. The lowest BCUT2D eigenvalue weighted by Gasteiger charge is -2.25. The fourth-order valence-corrected chi connectivity index (χ4v) is 2.63. The van der Waals surface area contributed by atoms with E-state index in [0.717, 1.165) is 36.5 Å². The van der Waals surface area contributed by atoms with Crippen LogP contribution in [0.3, 0.4) is 0 Å². The maximum atomic E-state index is 5.85. The van der Waals surface area contributed by atoms with E-state index < -0.39 is 0 Å². The summed E-state index contributed by atoms with van der Waals surface area (Å²) >= 11 is 0. The first-order valence-electron chi connectivity index (χ1n) is 6.73. The molecule has 4 nitrogen and oxygen atoms in total. The molecule has 3 rings (SSSR count). The van der Waals surface area contributed by atoms with Crippen LogP contribution in [0.1, 0.15) is 11.1 Å². The molecule has 0 aliphatic carbocycles. The molecule has 0 saturated heterocycles. The van der Waals surface area contributed by atoms with E-state index in [4.69, 9.17) is 15.2 Å². The van der Waals surface area contributed by atoms with Crippen LogP contribution in [0.5, 0.6) is 11.5 Å². The fourth-order valence-electron chi connectivity index (χ4n) is 2.63. The Morgan fingerprint density at radius 2 is 2.25 bits per heavy atom. The number of pyridine rings is 1. The van der Waals surface area contributed by atoms with E-state index in [1.54, 1.807) is 13.3 Å². The van der Waals surface area contributed by atoms with Crippen molar-refractivity contribution < 1.29 is 9.47 Å². The Balaban J connectivity index is 1.72. The van der Waals surface area contributed by atoms with Gasteiger partial charge in [-0.3, -0.25) is 4.98 Å². The number of anilines is 1. The van der Waals surface area contributed by atoms with Gasteiger partial charge in [0.05, 0.1) is 19.4 Å². The van der Waals surface area contributed by atoms with Crippen molar-refractivity contribution in [1.82, 2.24) is 4.98 Å². The van der Waals surface area contributed by atoms with E-state index in [1.165, 1.54) is 5.56 Å². The quantitative estimate of drug-likeness (QED) is 0.930. The molecule has 20 heavy (non-hydrogen) atoms. The monoisotopic (exact) mass is 270 g/mol. The average molecular weight is 270 g/mol. The number of hydrogen-bond acceptors (Lipinski definition) is 4. The molecule has 1 aliphatic heterocycles. The van der Waals surface area contributed by atoms with Crippen molar-refractivity contribution in [1.29, 1.82) is 0 Å². The molecule has 0 fully saturated rings. The normalized spacial score (nSPS) is 17.1. The molecule has 1 atom stereocenters. The Morgan fingerprint density at radius 1 is 1.35 bits per heavy atom. The molecule has 1 aliphatic rings. The first-order chi connectivity index (χ1) is 9.74. The second-order valence-corrected chi connectivity index (χ2v) is 5.19. The molecule has 0 spiro atoms. The average Bonchev–Trinajstić information content (AvgIpc) is 2.47. The summed E-state index contributed by atoms with van der Waals surface area (Å²) in [4.78, 5) is 4.13. The largest absolute Gasteiger partial charge is 0.497 e. The molecule has 0 saturated carbocycles. The second kappa shape index (κ2) is 5.41. The van der Waals surface area contributed by atoms with Crippen molar-refractivity contribution in [2.75, 3.05) is 19.5 Å². The third kappa shape index (κ3) is 2.69. The first kappa shape index (κ1) is 12.8. The molecule has 1 aromatic heterocycles. The minimum Gasteiger partial charge on any atom is -0.497 e. The van der Waals surface area contributed by atoms with Gasteiger partial charge < -0.3 is 15.2 Å². The van der Waals surface area contributed by atoms with Gasteiger partial charge in [0, 0.05) is 24.4 Å². The van der Waals surface area contributed by atoms with Gasteiger partial charge in [-0.15, -0.1) is 0 Å². The molecule has 2 N–H and O–H groups in total. The summed E-state index contributed by atoms with van der Waals surface area (Å²) in [7, 11) is 1.67. The lowest BCUT2D eigenvalue weighted by Crippen LogP contribution is -2.22. The predicted octanol–water partition coefficient (Wildman–Crippen LogP) is 2.47. The highest BCUT2D eigenvalue weighted by Crippen LogP contribution is 2.32. The second-order valence-electron chi connectivity index (χ2n) is 5.19. The molecule has 1 aromatic carbocycles. The van der Waals surface area contributed by atoms with Crippen LogP contribution in [-0.2, 0) is 12.8 Å². The maximum Gasteiger partial charge on any atom is 0.126 e. The Bertz CT molecular complexity index is 613. The molecule has 0 bridgehead atoms. The minimum atomic E-state index is 0.458. The Morgan fingerprint density at radius 3 is 3.05 bits per heavy atom. The van der Waals surface area contributed by atoms with Gasteiger partial charge in [-0.1, -0.05) is 6.07 Å². The minimum absolute atomic E-state index is 0.458. The van der Waals surface area contributed by atoms with Crippen LogP contribution < -0.4 is 15.2 Å². The van der Waals surface area contributed by atoms with Gasteiger partial charge in [-0.25, -0.2) is 0 Å². The number of nitrogens with two attached hydrogens (primary N) is 1. The summed E-state index contributed by atoms with van der Waals surface area (Å²) in [5.74, 6) is 2.23. The molecule has 0 unspecified atom stereocenters. The van der Waals surface area contributed by atoms with E-state index in [-0.39, 0.29) is 0 Å². The van der Waals surface area contributed by atoms with Gasteiger partial charge in [0.15, 0.2) is 0 Å². The van der Waals surface area contributed by atoms with E-state index >= 15 is 0 Å². The Kier molecular flexibility index (Phi) is 3.46. The van der Waals surface area contributed by atoms with Crippen molar-refractivity contribution >= 4 is 5.69 Å². The van der Waals surface area contributed by atoms with E-state index in [2.05, 4.69) is 11.1 Å². The highest BCUT2D eigenvalue weighted by molar-refractivity contribution is 5.42. The SMILES string of the molecule is COc1ccc2c(c1)OC[C@H](Cc1cncc(N)c1)C2. The Hall–Kier alpha value is -2.23. The van der Waals surface area contributed by atoms with Gasteiger partial charge >= 0.3 is 0 Å². The standard InChI is InChI=1S/C16H18N2O2/c1-19-15-3-2-13-5-12(10-20-16(13)7-15)4-11-6-14(17)9-18-8-11/h2-3,6-9,12H,4-5,10,17H2,1H3/t12-/m1/s1. The zero-order chi connectivity index (χ0) is 13.9. The van der Waals surface area contributed by atoms with Crippen molar-refractivity contribution in [2.45, 2.75) is 12.8 Å². The first-order valence-corrected chi connectivity index (χ1v) is 6.73. The van der Waals surface area contributed by atoms with Crippen LogP contribution in [0.25, 0.3) is 0 Å². The fraction of sp³-hybridized carbons (Fsp3) is 0.312. The molecule has 104 valence electrons. The summed E-state index contributed by atoms with van der Waals surface area (Å²) in [6.45, 7) is 0.717. The Labute approximate surface area is 118 Å². The summed E-state index contributed by atoms with van der Waals surface area (Å²) < 4.78 is 11.1. The lowest BCUT2D eigenvalue weighted by atomic mass is 9.91. The van der Waals surface area contributed by atoms with Crippen LogP contribution in [0.4, 0.5) is 5.69 Å². The number of benzene rings is 1. The highest BCUT2D eigenvalue weighted by Gasteiger charge is 2.20. The van der Waals surface area contributed by atoms with Crippen molar-refractivity contribution in [2.24, 2.45) is 5.92 Å². The zero-order valence-corrected chi connectivity index (χ0v) is 11.5. The summed E-state index contributed by atoms with van der Waals surface area (Å²) in [5, 5.41) is 0. The van der Waals surface area contributed by atoms with E-state index in [1.807, 2.05) is 24.4 Å². The van der Waals surface area contributed by atoms with Crippen LogP contribution in [-0.4, -0.2) is 18.7 Å². The number of ether oxygens (including phenoxy) is 2. The number of hydrogen-bond donors (Lipinski definition) is 1. The van der Waals surface area contributed by atoms with E-state index in [0.29, 0.717) is 11.6 Å². The number of nitrogens with zero attached hydrogens (tertiary/aromatic N) is 1. The van der Waals surface area contributed by atoms with Crippen LogP contribution in [0.15, 0.2) is 36.7 Å². The lowest BCUT2D eigenvalue weighted by molar-refractivity contribution is 0.220. The number of methoxy groups -OCH3 is 1. The molecule has 0 amide bonds. The maximum absolute atomic E-state index is 5.85. The van der Waals surface area contributed by atoms with Gasteiger partial charge in [-0.05, 0) is 36.1 Å². The van der Waals surface area contributed by atoms with Crippen LogP contribution in [0, 0.1) is 5.92 Å². The predicted molar refractivity (Wildman–Crippen MR) is 78.0 cm³/mol. The van der Waals surface area contributed by atoms with Crippen molar-refractivity contribution in [3.8, 4) is 11.5 Å². The number of aromatic nitrogens is 1. The smallest absolute Gasteiger partial charge is 0.126 e. The van der Waals surface area contributed by atoms with Crippen LogP contribution >= 0.6 is 0 Å². The molecule has 2 heterocycles. The van der Waals surface area contributed by atoms with Gasteiger partial charge in [0.1, 0.15) is 11.5 Å². The summed E-state index contributed by atoms with van der Waals surface area (Å²) in [6, 6.07) is 7.99. The highest BCUT2D eigenvalue weighted by atomic mass is 16.5. The third-order valence-corrected chi connectivity index (χ3v) is 3.60. The van der Waals surface area contributed by atoms with E-state index in [9.17, 15) is 0 Å². The van der Waals surface area contributed by atoms with Gasteiger partial charge in [0.25, 0.3) is 0 Å². The number of rotatable bonds is 3. The van der Waals surface area contributed by atoms with Crippen molar-refractivity contribution in [3.05, 3.63) is 47.8 Å². The molecular weight excluding hydrogens is 252 g/mol. The molecular formula is C16H18N2O2. The summed E-state index contributed by atoms with van der Waals surface area (Å²) in [6.07, 6.45) is 5.49. The zero-order valence-electron chi connectivity index (χ0n) is 11.5. The topological polar surface area (TPSA) is 57.4 Å². The van der Waals surface area contributed by atoms with Crippen molar-refractivity contribution in [3.63, 3.8) is 0 Å². The van der Waals surface area contributed by atoms with Crippen LogP contribution in [0.2, 0.25) is 0 Å². The third-order valence-electron chi connectivity index (χ3n) is 3.60. The van der Waals surface area contributed by atoms with Gasteiger partial charge in [-0.2, -0.15) is 0 Å². The number of fused-ring (bicyclic) bond motifs is 1. The molecule has 4 heteroatoms. The molecule has 2 aromatic rings. The van der Waals surface area contributed by atoms with Gasteiger partial charge in [0.2, 0.25) is 0 Å².